The number of rotatable bonds is 5. The Morgan fingerprint density at radius 2 is 1.62 bits per heavy atom. The molecule has 0 aliphatic carbocycles. The summed E-state index contributed by atoms with van der Waals surface area (Å²) < 4.78 is 75.1. The summed E-state index contributed by atoms with van der Waals surface area (Å²) in [5.41, 5.74) is 0.460. The molecule has 0 saturated heterocycles. The summed E-state index contributed by atoms with van der Waals surface area (Å²) >= 11 is 0.920. The van der Waals surface area contributed by atoms with E-state index in [4.69, 9.17) is 0 Å². The zero-order chi connectivity index (χ0) is 18.1. The molecule has 130 valence electrons. The van der Waals surface area contributed by atoms with Crippen LogP contribution in [0.15, 0.2) is 24.3 Å². The highest BCUT2D eigenvalue weighted by atomic mass is 32.1. The number of hydrogen-bond acceptors (Lipinski definition) is 4. The Labute approximate surface area is 135 Å². The minimum Gasteiger partial charge on any atom is -0.299 e. The molecule has 24 heavy (non-hydrogen) atoms. The lowest BCUT2D eigenvalue weighted by Crippen LogP contribution is -2.38. The molecule has 0 atom stereocenters. The average Bonchev–Trinajstić information content (AvgIpc) is 2.86. The number of hydrogen-bond donors (Lipinski definition) is 0. The second-order valence-electron chi connectivity index (χ2n) is 4.97. The summed E-state index contributed by atoms with van der Waals surface area (Å²) in [6.07, 6.45) is -14.1. The van der Waals surface area contributed by atoms with E-state index in [1.807, 2.05) is 0 Å². The van der Waals surface area contributed by atoms with E-state index >= 15 is 0 Å². The zero-order valence-electron chi connectivity index (χ0n) is 11.7. The maximum Gasteiger partial charge on any atom is 0.400 e. The summed E-state index contributed by atoms with van der Waals surface area (Å²) in [4.78, 5) is 27.3. The van der Waals surface area contributed by atoms with Crippen molar-refractivity contribution in [3.05, 3.63) is 29.3 Å². The number of thiazole rings is 1. The standard InChI is InChI=1S/C14H9F6NO2S/c15-13(16,17)11(14(18,19)20)6-7(22)5-9(23)12-21-8-3-1-2-4-10(8)24-12/h1-4,11H,5-6H2. The number of nitrogens with zero attached hydrogens (tertiary/aromatic N) is 1. The van der Waals surface area contributed by atoms with Crippen molar-refractivity contribution < 1.29 is 35.9 Å². The predicted octanol–water partition coefficient (Wildman–Crippen LogP) is 4.57. The number of fused-ring (bicyclic) bond motifs is 1. The van der Waals surface area contributed by atoms with E-state index in [0.29, 0.717) is 10.2 Å². The first kappa shape index (κ1) is 18.4. The molecule has 0 aliphatic rings. The predicted molar refractivity (Wildman–Crippen MR) is 73.8 cm³/mol. The van der Waals surface area contributed by atoms with Gasteiger partial charge in [-0.3, -0.25) is 9.59 Å². The van der Waals surface area contributed by atoms with Gasteiger partial charge in [-0.15, -0.1) is 11.3 Å². The quantitative estimate of drug-likeness (QED) is 0.441. The van der Waals surface area contributed by atoms with Crippen molar-refractivity contribution in [3.8, 4) is 0 Å². The molecular formula is C14H9F6NO2S. The van der Waals surface area contributed by atoms with E-state index in [1.54, 1.807) is 24.3 Å². The van der Waals surface area contributed by atoms with Crippen molar-refractivity contribution in [1.82, 2.24) is 4.98 Å². The van der Waals surface area contributed by atoms with E-state index in [9.17, 15) is 35.9 Å². The number of aromatic nitrogens is 1. The van der Waals surface area contributed by atoms with Gasteiger partial charge in [-0.1, -0.05) is 12.1 Å². The Bertz CT molecular complexity index is 717. The summed E-state index contributed by atoms with van der Waals surface area (Å²) in [5.74, 6) is -6.11. The number of alkyl halides is 6. The molecule has 1 heterocycles. The molecule has 0 fully saturated rings. The highest BCUT2D eigenvalue weighted by Gasteiger charge is 2.57. The number of Topliss-reactive ketones (excluding diaryl/α,β-unsaturated/α-hetero) is 2. The molecule has 0 aliphatic heterocycles. The summed E-state index contributed by atoms with van der Waals surface area (Å²) in [6.45, 7) is 0. The van der Waals surface area contributed by atoms with Gasteiger partial charge < -0.3 is 0 Å². The molecule has 1 aromatic heterocycles. The van der Waals surface area contributed by atoms with Crippen LogP contribution in [-0.2, 0) is 4.79 Å². The van der Waals surface area contributed by atoms with E-state index in [2.05, 4.69) is 4.98 Å². The van der Waals surface area contributed by atoms with E-state index in [1.165, 1.54) is 0 Å². The van der Waals surface area contributed by atoms with E-state index < -0.39 is 42.7 Å². The molecule has 0 unspecified atom stereocenters. The minimum atomic E-state index is -5.60. The van der Waals surface area contributed by atoms with Crippen LogP contribution >= 0.6 is 11.3 Å². The van der Waals surface area contributed by atoms with Gasteiger partial charge in [0, 0.05) is 6.42 Å². The Hall–Kier alpha value is -1.97. The van der Waals surface area contributed by atoms with Gasteiger partial charge in [0.1, 0.15) is 5.78 Å². The fraction of sp³-hybridized carbons (Fsp3) is 0.357. The van der Waals surface area contributed by atoms with Gasteiger partial charge in [0.15, 0.2) is 16.7 Å². The maximum absolute atomic E-state index is 12.4. The van der Waals surface area contributed by atoms with Gasteiger partial charge >= 0.3 is 12.4 Å². The number of benzene rings is 1. The van der Waals surface area contributed by atoms with Crippen molar-refractivity contribution in [2.75, 3.05) is 0 Å². The van der Waals surface area contributed by atoms with Crippen LogP contribution in [0.3, 0.4) is 0 Å². The summed E-state index contributed by atoms with van der Waals surface area (Å²) in [6, 6.07) is 6.57. The molecule has 2 rings (SSSR count). The zero-order valence-corrected chi connectivity index (χ0v) is 12.6. The molecule has 1 aromatic carbocycles. The van der Waals surface area contributed by atoms with Crippen molar-refractivity contribution in [3.63, 3.8) is 0 Å². The van der Waals surface area contributed by atoms with Gasteiger partial charge in [-0.2, -0.15) is 26.3 Å². The third kappa shape index (κ3) is 4.31. The number of carbonyl (C=O) groups is 2. The van der Waals surface area contributed by atoms with Crippen molar-refractivity contribution >= 4 is 33.1 Å². The monoisotopic (exact) mass is 369 g/mol. The Kier molecular flexibility index (Phi) is 4.97. The van der Waals surface area contributed by atoms with Gasteiger partial charge in [0.05, 0.1) is 16.6 Å². The smallest absolute Gasteiger partial charge is 0.299 e. The van der Waals surface area contributed by atoms with Crippen LogP contribution in [-0.4, -0.2) is 28.9 Å². The normalized spacial score (nSPS) is 12.8. The highest BCUT2D eigenvalue weighted by Crippen LogP contribution is 2.41. The fourth-order valence-corrected chi connectivity index (χ4v) is 2.87. The largest absolute Gasteiger partial charge is 0.400 e. The molecule has 10 heteroatoms. The first-order chi connectivity index (χ1) is 11.0. The van der Waals surface area contributed by atoms with Gasteiger partial charge in [0.2, 0.25) is 0 Å². The minimum absolute atomic E-state index is 0.125. The van der Waals surface area contributed by atoms with Gasteiger partial charge in [-0.25, -0.2) is 4.98 Å². The average molecular weight is 369 g/mol. The van der Waals surface area contributed by atoms with Crippen LogP contribution in [0, 0.1) is 5.92 Å². The van der Waals surface area contributed by atoms with Crippen molar-refractivity contribution in [1.29, 1.82) is 0 Å². The fourth-order valence-electron chi connectivity index (χ4n) is 1.96. The number of halogens is 6. The highest BCUT2D eigenvalue weighted by molar-refractivity contribution is 7.20. The van der Waals surface area contributed by atoms with Crippen molar-refractivity contribution in [2.45, 2.75) is 25.2 Å². The third-order valence-corrected chi connectivity index (χ3v) is 4.19. The second kappa shape index (κ2) is 6.50. The third-order valence-electron chi connectivity index (χ3n) is 3.11. The molecule has 0 amide bonds. The van der Waals surface area contributed by atoms with Gasteiger partial charge in [0.25, 0.3) is 0 Å². The lowest BCUT2D eigenvalue weighted by molar-refractivity contribution is -0.284. The first-order valence-electron chi connectivity index (χ1n) is 6.52. The van der Waals surface area contributed by atoms with E-state index in [-0.39, 0.29) is 5.01 Å². The van der Waals surface area contributed by atoms with Crippen molar-refractivity contribution in [2.24, 2.45) is 5.92 Å². The maximum atomic E-state index is 12.4. The van der Waals surface area contributed by atoms with E-state index in [0.717, 1.165) is 11.3 Å². The second-order valence-corrected chi connectivity index (χ2v) is 6.00. The SMILES string of the molecule is O=C(CC(=O)c1nc2ccccc2s1)CC(C(F)(F)F)C(F)(F)F. The molecule has 0 bridgehead atoms. The van der Waals surface area contributed by atoms with Crippen LogP contribution in [0.1, 0.15) is 22.6 Å². The number of carbonyl (C=O) groups excluding carboxylic acids is 2. The van der Waals surface area contributed by atoms with Crippen LogP contribution in [0.2, 0.25) is 0 Å². The van der Waals surface area contributed by atoms with Gasteiger partial charge in [-0.05, 0) is 12.1 Å². The molecule has 2 aromatic rings. The lowest BCUT2D eigenvalue weighted by atomic mass is 9.98. The van der Waals surface area contributed by atoms with Crippen LogP contribution in [0.4, 0.5) is 26.3 Å². The van der Waals surface area contributed by atoms with Crippen LogP contribution in [0.5, 0.6) is 0 Å². The molecule has 3 nitrogen and oxygen atoms in total. The molecule has 0 N–H and O–H groups in total. The van der Waals surface area contributed by atoms with Crippen LogP contribution < -0.4 is 0 Å². The summed E-state index contributed by atoms with van der Waals surface area (Å²) in [5, 5.41) is -0.125. The first-order valence-corrected chi connectivity index (χ1v) is 7.34. The Balaban J connectivity index is 2.09. The number of para-hydroxylation sites is 1. The molecule has 0 saturated carbocycles. The number of ketones is 2. The Morgan fingerprint density at radius 1 is 1.04 bits per heavy atom. The lowest BCUT2D eigenvalue weighted by Gasteiger charge is -2.22. The summed E-state index contributed by atoms with van der Waals surface area (Å²) in [7, 11) is 0. The van der Waals surface area contributed by atoms with Crippen LogP contribution in [0.25, 0.3) is 10.2 Å². The topological polar surface area (TPSA) is 47.0 Å². The molecule has 0 spiro atoms. The Morgan fingerprint density at radius 3 is 2.17 bits per heavy atom. The molecule has 0 radical (unpaired) electrons. The molecular weight excluding hydrogens is 360 g/mol.